The average molecular weight is 346 g/mol. The summed E-state index contributed by atoms with van der Waals surface area (Å²) in [6.45, 7) is 8.71. The summed E-state index contributed by atoms with van der Waals surface area (Å²) in [5.41, 5.74) is 1.26. The van der Waals surface area contributed by atoms with Gasteiger partial charge in [-0.05, 0) is 58.8 Å². The van der Waals surface area contributed by atoms with Crippen molar-refractivity contribution in [3.63, 3.8) is 0 Å². The Morgan fingerprint density at radius 2 is 2.05 bits per heavy atom. The second-order valence-corrected chi connectivity index (χ2v) is 6.77. The highest BCUT2D eigenvalue weighted by molar-refractivity contribution is 9.10. The maximum Gasteiger partial charge on any atom is 0.141 e. The number of benzene rings is 1. The highest BCUT2D eigenvalue weighted by atomic mass is 79.9. The van der Waals surface area contributed by atoms with E-state index in [2.05, 4.69) is 42.0 Å². The number of hydrogen-bond donors (Lipinski definition) is 1. The summed E-state index contributed by atoms with van der Waals surface area (Å²) in [5.74, 6) is 0.345. The molecular weight excluding hydrogens is 321 g/mol. The molecule has 0 saturated carbocycles. The lowest BCUT2D eigenvalue weighted by Gasteiger charge is -2.25. The third kappa shape index (κ3) is 5.41. The van der Waals surface area contributed by atoms with E-state index in [-0.39, 0.29) is 11.2 Å². The van der Waals surface area contributed by atoms with Gasteiger partial charge in [0, 0.05) is 12.6 Å². The Labute approximate surface area is 130 Å². The Morgan fingerprint density at radius 1 is 1.35 bits per heavy atom. The van der Waals surface area contributed by atoms with E-state index in [1.807, 2.05) is 6.07 Å². The molecule has 0 aliphatic heterocycles. The molecule has 0 fully saturated rings. The van der Waals surface area contributed by atoms with Gasteiger partial charge in [-0.2, -0.15) is 0 Å². The van der Waals surface area contributed by atoms with Gasteiger partial charge in [0.05, 0.1) is 11.6 Å². The van der Waals surface area contributed by atoms with Gasteiger partial charge in [0.2, 0.25) is 0 Å². The molecule has 1 aromatic rings. The van der Waals surface area contributed by atoms with Gasteiger partial charge < -0.3 is 10.1 Å². The molecule has 0 radical (unpaired) electrons. The van der Waals surface area contributed by atoms with Crippen molar-refractivity contribution in [1.29, 1.82) is 0 Å². The van der Waals surface area contributed by atoms with Crippen molar-refractivity contribution in [3.05, 3.63) is 28.0 Å². The van der Waals surface area contributed by atoms with Crippen LogP contribution >= 0.6 is 15.9 Å². The molecule has 0 aliphatic carbocycles. The van der Waals surface area contributed by atoms with Crippen LogP contribution in [0.1, 0.15) is 39.2 Å². The van der Waals surface area contributed by atoms with Crippen LogP contribution in [0.15, 0.2) is 16.6 Å². The van der Waals surface area contributed by atoms with Gasteiger partial charge in [-0.15, -0.1) is 0 Å². The Hall–Kier alpha value is -0.610. The molecule has 4 heteroatoms. The predicted molar refractivity (Wildman–Crippen MR) is 85.9 cm³/mol. The zero-order valence-corrected chi connectivity index (χ0v) is 14.4. The SMILES string of the molecule is CCCNCC(C)(C)CCc1cc(Br)c(F)cc1OC. The molecule has 0 saturated heterocycles. The third-order valence-corrected chi connectivity index (χ3v) is 4.03. The van der Waals surface area contributed by atoms with Crippen molar-refractivity contribution in [2.24, 2.45) is 5.41 Å². The summed E-state index contributed by atoms with van der Waals surface area (Å²) < 4.78 is 19.3. The summed E-state index contributed by atoms with van der Waals surface area (Å²) in [7, 11) is 1.58. The lowest BCUT2D eigenvalue weighted by molar-refractivity contribution is 0.312. The summed E-state index contributed by atoms with van der Waals surface area (Å²) in [6.07, 6.45) is 3.05. The molecule has 1 N–H and O–H groups in total. The van der Waals surface area contributed by atoms with E-state index in [9.17, 15) is 4.39 Å². The summed E-state index contributed by atoms with van der Waals surface area (Å²) >= 11 is 3.24. The van der Waals surface area contributed by atoms with Crippen molar-refractivity contribution in [2.75, 3.05) is 20.2 Å². The topological polar surface area (TPSA) is 21.3 Å². The first-order valence-electron chi connectivity index (χ1n) is 7.12. The van der Waals surface area contributed by atoms with Crippen molar-refractivity contribution < 1.29 is 9.13 Å². The van der Waals surface area contributed by atoms with Gasteiger partial charge in [0.15, 0.2) is 0 Å². The minimum atomic E-state index is -0.283. The Morgan fingerprint density at radius 3 is 2.65 bits per heavy atom. The fraction of sp³-hybridized carbons (Fsp3) is 0.625. The molecule has 0 bridgehead atoms. The van der Waals surface area contributed by atoms with Gasteiger partial charge in [-0.3, -0.25) is 0 Å². The predicted octanol–water partition coefficient (Wildman–Crippen LogP) is 4.56. The molecule has 0 unspecified atom stereocenters. The molecular formula is C16H25BrFNO. The molecule has 2 nitrogen and oxygen atoms in total. The van der Waals surface area contributed by atoms with Crippen LogP contribution in [0.3, 0.4) is 0 Å². The molecule has 1 rings (SSSR count). The molecule has 20 heavy (non-hydrogen) atoms. The first-order valence-corrected chi connectivity index (χ1v) is 7.91. The van der Waals surface area contributed by atoms with E-state index in [0.717, 1.165) is 37.9 Å². The van der Waals surface area contributed by atoms with Crippen molar-refractivity contribution in [1.82, 2.24) is 5.32 Å². The molecule has 0 spiro atoms. The normalized spacial score (nSPS) is 11.7. The standard InChI is InChI=1S/C16H25BrFNO/c1-5-8-19-11-16(2,3)7-6-12-9-13(17)14(18)10-15(12)20-4/h9-10,19H,5-8,11H2,1-4H3. The maximum atomic E-state index is 13.5. The van der Waals surface area contributed by atoms with E-state index in [1.165, 1.54) is 6.07 Å². The Kier molecular flexibility index (Phi) is 6.96. The fourth-order valence-electron chi connectivity index (χ4n) is 2.12. The highest BCUT2D eigenvalue weighted by Crippen LogP contribution is 2.30. The van der Waals surface area contributed by atoms with Crippen LogP contribution in [0.4, 0.5) is 4.39 Å². The van der Waals surface area contributed by atoms with E-state index in [0.29, 0.717) is 10.2 Å². The largest absolute Gasteiger partial charge is 0.496 e. The molecule has 0 amide bonds. The van der Waals surface area contributed by atoms with Crippen molar-refractivity contribution >= 4 is 15.9 Å². The van der Waals surface area contributed by atoms with Crippen molar-refractivity contribution in [2.45, 2.75) is 40.0 Å². The van der Waals surface area contributed by atoms with E-state index >= 15 is 0 Å². The zero-order chi connectivity index (χ0) is 15.2. The minimum absolute atomic E-state index is 0.209. The molecule has 0 heterocycles. The Balaban J connectivity index is 2.66. The molecule has 1 aromatic carbocycles. The number of aryl methyl sites for hydroxylation is 1. The van der Waals surface area contributed by atoms with Crippen molar-refractivity contribution in [3.8, 4) is 5.75 Å². The summed E-state index contributed by atoms with van der Waals surface area (Å²) in [5, 5.41) is 3.46. The lowest BCUT2D eigenvalue weighted by atomic mass is 9.86. The van der Waals surface area contributed by atoms with Crippen LogP contribution < -0.4 is 10.1 Å². The number of ether oxygens (including phenoxy) is 1. The maximum absolute atomic E-state index is 13.5. The second kappa shape index (κ2) is 7.99. The summed E-state index contributed by atoms with van der Waals surface area (Å²) in [6, 6.07) is 3.27. The van der Waals surface area contributed by atoms with Crippen LogP contribution in [0, 0.1) is 11.2 Å². The number of hydrogen-bond acceptors (Lipinski definition) is 2. The zero-order valence-electron chi connectivity index (χ0n) is 12.9. The lowest BCUT2D eigenvalue weighted by Crippen LogP contribution is -2.30. The average Bonchev–Trinajstić information content (AvgIpc) is 2.40. The van der Waals surface area contributed by atoms with Crippen LogP contribution in [-0.2, 0) is 6.42 Å². The molecule has 0 atom stereocenters. The molecule has 114 valence electrons. The monoisotopic (exact) mass is 345 g/mol. The Bertz CT molecular complexity index is 435. The van der Waals surface area contributed by atoms with Crippen LogP contribution in [0.25, 0.3) is 0 Å². The van der Waals surface area contributed by atoms with Crippen LogP contribution in [-0.4, -0.2) is 20.2 Å². The summed E-state index contributed by atoms with van der Waals surface area (Å²) in [4.78, 5) is 0. The van der Waals surface area contributed by atoms with E-state index in [1.54, 1.807) is 7.11 Å². The van der Waals surface area contributed by atoms with E-state index in [4.69, 9.17) is 4.74 Å². The number of rotatable bonds is 8. The fourth-order valence-corrected chi connectivity index (χ4v) is 2.51. The molecule has 0 aromatic heterocycles. The minimum Gasteiger partial charge on any atom is -0.496 e. The molecule has 0 aliphatic rings. The highest BCUT2D eigenvalue weighted by Gasteiger charge is 2.19. The van der Waals surface area contributed by atoms with Crippen LogP contribution in [0.5, 0.6) is 5.75 Å². The second-order valence-electron chi connectivity index (χ2n) is 5.92. The van der Waals surface area contributed by atoms with Gasteiger partial charge in [-0.1, -0.05) is 20.8 Å². The van der Waals surface area contributed by atoms with Gasteiger partial charge in [-0.25, -0.2) is 4.39 Å². The first-order chi connectivity index (χ1) is 9.39. The van der Waals surface area contributed by atoms with Gasteiger partial charge in [0.1, 0.15) is 11.6 Å². The number of halogens is 2. The third-order valence-electron chi connectivity index (χ3n) is 3.42. The van der Waals surface area contributed by atoms with Crippen LogP contribution in [0.2, 0.25) is 0 Å². The van der Waals surface area contributed by atoms with Gasteiger partial charge in [0.25, 0.3) is 0 Å². The smallest absolute Gasteiger partial charge is 0.141 e. The number of nitrogens with one attached hydrogen (secondary N) is 1. The van der Waals surface area contributed by atoms with Gasteiger partial charge >= 0.3 is 0 Å². The quantitative estimate of drug-likeness (QED) is 0.697. The number of methoxy groups -OCH3 is 1. The first kappa shape index (κ1) is 17.4. The van der Waals surface area contributed by atoms with E-state index < -0.39 is 0 Å².